The summed E-state index contributed by atoms with van der Waals surface area (Å²) in [5.74, 6) is -0.798. The molecule has 5 rings (SSSR count). The molecule has 1 aliphatic rings. The quantitative estimate of drug-likeness (QED) is 0.443. The van der Waals surface area contributed by atoms with E-state index in [0.717, 1.165) is 35.1 Å². The number of carboxylic acids is 1. The minimum Gasteiger partial charge on any atom is -0.480 e. The smallest absolute Gasteiger partial charge is 0.325 e. The molecular formula is C28H29N3O2. The van der Waals surface area contributed by atoms with Gasteiger partial charge in [0.15, 0.2) is 0 Å². The summed E-state index contributed by atoms with van der Waals surface area (Å²) in [5.41, 5.74) is 5.48. The van der Waals surface area contributed by atoms with Crippen LogP contribution in [0.3, 0.4) is 0 Å². The summed E-state index contributed by atoms with van der Waals surface area (Å²) in [6.07, 6.45) is 1.87. The fraction of sp³-hybridized carbons (Fsp3) is 0.250. The lowest BCUT2D eigenvalue weighted by atomic mass is 9.96. The van der Waals surface area contributed by atoms with Crippen molar-refractivity contribution in [1.82, 2.24) is 14.8 Å². The summed E-state index contributed by atoms with van der Waals surface area (Å²) >= 11 is 0. The third-order valence-electron chi connectivity index (χ3n) is 6.71. The molecule has 2 N–H and O–H groups in total. The fourth-order valence-electron chi connectivity index (χ4n) is 5.11. The number of aliphatic carboxylic acids is 1. The van der Waals surface area contributed by atoms with Gasteiger partial charge in [0.1, 0.15) is 6.04 Å². The first kappa shape index (κ1) is 21.4. The Labute approximate surface area is 194 Å². The van der Waals surface area contributed by atoms with Gasteiger partial charge in [0.2, 0.25) is 0 Å². The predicted molar refractivity (Wildman–Crippen MR) is 131 cm³/mol. The lowest BCUT2D eigenvalue weighted by Crippen LogP contribution is -2.50. The fourth-order valence-corrected chi connectivity index (χ4v) is 5.11. The second-order valence-electron chi connectivity index (χ2n) is 8.83. The third-order valence-corrected chi connectivity index (χ3v) is 6.71. The molecule has 1 aliphatic heterocycles. The van der Waals surface area contributed by atoms with E-state index in [1.807, 2.05) is 37.4 Å². The number of nitrogens with one attached hydrogen (secondary N) is 1. The Morgan fingerprint density at radius 3 is 2.00 bits per heavy atom. The van der Waals surface area contributed by atoms with Crippen molar-refractivity contribution >= 4 is 16.9 Å². The predicted octanol–water partition coefficient (Wildman–Crippen LogP) is 5.01. The van der Waals surface area contributed by atoms with E-state index in [2.05, 4.69) is 69.4 Å². The molecule has 33 heavy (non-hydrogen) atoms. The van der Waals surface area contributed by atoms with E-state index in [1.54, 1.807) is 0 Å². The zero-order valence-electron chi connectivity index (χ0n) is 18.8. The van der Waals surface area contributed by atoms with Crippen molar-refractivity contribution in [2.24, 2.45) is 0 Å². The van der Waals surface area contributed by atoms with E-state index in [-0.39, 0.29) is 6.04 Å². The van der Waals surface area contributed by atoms with Crippen molar-refractivity contribution in [3.63, 3.8) is 0 Å². The molecule has 4 aromatic rings. The van der Waals surface area contributed by atoms with Gasteiger partial charge in [-0.05, 0) is 30.2 Å². The second-order valence-corrected chi connectivity index (χ2v) is 8.83. The van der Waals surface area contributed by atoms with E-state index in [9.17, 15) is 9.90 Å². The lowest BCUT2D eigenvalue weighted by molar-refractivity contribution is -0.144. The minimum absolute atomic E-state index is 0.161. The van der Waals surface area contributed by atoms with Gasteiger partial charge < -0.3 is 10.1 Å². The second kappa shape index (κ2) is 9.22. The first-order chi connectivity index (χ1) is 16.1. The van der Waals surface area contributed by atoms with Gasteiger partial charge in [-0.1, -0.05) is 72.3 Å². The van der Waals surface area contributed by atoms with Gasteiger partial charge in [0.25, 0.3) is 0 Å². The molecule has 0 aliphatic carbocycles. The highest BCUT2D eigenvalue weighted by Crippen LogP contribution is 2.33. The molecule has 5 nitrogen and oxygen atoms in total. The van der Waals surface area contributed by atoms with Gasteiger partial charge in [-0.3, -0.25) is 14.6 Å². The van der Waals surface area contributed by atoms with E-state index in [0.29, 0.717) is 13.1 Å². The van der Waals surface area contributed by atoms with Crippen LogP contribution in [-0.2, 0) is 4.79 Å². The maximum atomic E-state index is 12.4. The van der Waals surface area contributed by atoms with Crippen molar-refractivity contribution in [3.05, 3.63) is 107 Å². The van der Waals surface area contributed by atoms with Crippen LogP contribution in [0.5, 0.6) is 0 Å². The van der Waals surface area contributed by atoms with Crippen molar-refractivity contribution in [2.45, 2.75) is 19.0 Å². The highest BCUT2D eigenvalue weighted by Gasteiger charge is 2.34. The number of H-pyrrole nitrogens is 1. The zero-order valence-corrected chi connectivity index (χ0v) is 18.8. The van der Waals surface area contributed by atoms with Crippen molar-refractivity contribution in [3.8, 4) is 0 Å². The number of rotatable bonds is 6. The average Bonchev–Trinajstić information content (AvgIpc) is 3.24. The van der Waals surface area contributed by atoms with Crippen LogP contribution in [0.1, 0.15) is 34.3 Å². The molecule has 168 valence electrons. The monoisotopic (exact) mass is 439 g/mol. The number of aryl methyl sites for hydroxylation is 1. The Hall–Kier alpha value is -3.41. The Morgan fingerprint density at radius 1 is 0.848 bits per heavy atom. The number of fused-ring (bicyclic) bond motifs is 1. The van der Waals surface area contributed by atoms with Crippen LogP contribution in [0, 0.1) is 6.92 Å². The van der Waals surface area contributed by atoms with Crippen LogP contribution in [0.4, 0.5) is 0 Å². The molecule has 1 aromatic heterocycles. The Balaban J connectivity index is 1.40. The number of aromatic amines is 1. The summed E-state index contributed by atoms with van der Waals surface area (Å²) in [6.45, 7) is 5.05. The molecule has 0 radical (unpaired) electrons. The lowest BCUT2D eigenvalue weighted by Gasteiger charge is -2.41. The molecule has 1 saturated heterocycles. The van der Waals surface area contributed by atoms with Crippen LogP contribution >= 0.6 is 0 Å². The van der Waals surface area contributed by atoms with E-state index >= 15 is 0 Å². The highest BCUT2D eigenvalue weighted by atomic mass is 16.4. The normalized spacial score (nSPS) is 16.3. The number of hydrogen-bond acceptors (Lipinski definition) is 3. The number of nitrogens with zero attached hydrogens (tertiary/aromatic N) is 2. The molecule has 1 fully saturated rings. The molecule has 2 heterocycles. The van der Waals surface area contributed by atoms with Gasteiger partial charge in [-0.25, -0.2) is 0 Å². The Bertz CT molecular complexity index is 1190. The molecule has 0 unspecified atom stereocenters. The van der Waals surface area contributed by atoms with Crippen LogP contribution in [0.25, 0.3) is 10.9 Å². The topological polar surface area (TPSA) is 59.6 Å². The van der Waals surface area contributed by atoms with E-state index < -0.39 is 12.0 Å². The first-order valence-electron chi connectivity index (χ1n) is 11.5. The van der Waals surface area contributed by atoms with Crippen LogP contribution in [-0.4, -0.2) is 52.0 Å². The third kappa shape index (κ3) is 4.30. The SMILES string of the molecule is Cc1ccc2[nH]cc([C@H](C(=O)O)N3CCN(C(c4ccccc4)c4ccccc4)CC3)c2c1. The Kier molecular flexibility index (Phi) is 5.99. The summed E-state index contributed by atoms with van der Waals surface area (Å²) in [7, 11) is 0. The molecule has 0 spiro atoms. The summed E-state index contributed by atoms with van der Waals surface area (Å²) in [6, 6.07) is 26.8. The number of piperazine rings is 1. The number of hydrogen-bond donors (Lipinski definition) is 2. The maximum absolute atomic E-state index is 12.4. The summed E-state index contributed by atoms with van der Waals surface area (Å²) < 4.78 is 0. The first-order valence-corrected chi connectivity index (χ1v) is 11.5. The maximum Gasteiger partial charge on any atom is 0.325 e. The number of carbonyl (C=O) groups is 1. The number of carboxylic acid groups (broad SMARTS) is 1. The van der Waals surface area contributed by atoms with E-state index in [1.165, 1.54) is 11.1 Å². The highest BCUT2D eigenvalue weighted by molar-refractivity contribution is 5.89. The molecule has 3 aromatic carbocycles. The van der Waals surface area contributed by atoms with Gasteiger partial charge in [-0.15, -0.1) is 0 Å². The number of benzene rings is 3. The van der Waals surface area contributed by atoms with Crippen molar-refractivity contribution in [1.29, 1.82) is 0 Å². The van der Waals surface area contributed by atoms with Crippen LogP contribution in [0.2, 0.25) is 0 Å². The van der Waals surface area contributed by atoms with Crippen LogP contribution in [0.15, 0.2) is 85.1 Å². The Morgan fingerprint density at radius 2 is 1.42 bits per heavy atom. The zero-order chi connectivity index (χ0) is 22.8. The molecule has 0 bridgehead atoms. The van der Waals surface area contributed by atoms with Gasteiger partial charge in [0, 0.05) is 48.8 Å². The summed E-state index contributed by atoms with van der Waals surface area (Å²) in [5, 5.41) is 11.2. The van der Waals surface area contributed by atoms with Gasteiger partial charge >= 0.3 is 5.97 Å². The molecule has 5 heteroatoms. The standard InChI is InChI=1S/C28H29N3O2/c1-20-12-13-25-23(18-20)24(19-29-25)27(28(32)33)31-16-14-30(15-17-31)26(21-8-4-2-5-9-21)22-10-6-3-7-11-22/h2-13,18-19,26-27,29H,14-17H2,1H3,(H,32,33)/t27-/m1/s1. The average molecular weight is 440 g/mol. The van der Waals surface area contributed by atoms with Gasteiger partial charge in [0.05, 0.1) is 6.04 Å². The minimum atomic E-state index is -0.798. The summed E-state index contributed by atoms with van der Waals surface area (Å²) in [4.78, 5) is 20.3. The van der Waals surface area contributed by atoms with E-state index in [4.69, 9.17) is 0 Å². The van der Waals surface area contributed by atoms with Crippen LogP contribution < -0.4 is 0 Å². The van der Waals surface area contributed by atoms with Gasteiger partial charge in [-0.2, -0.15) is 0 Å². The molecule has 0 amide bonds. The molecular weight excluding hydrogens is 410 g/mol. The van der Waals surface area contributed by atoms with Crippen molar-refractivity contribution in [2.75, 3.05) is 26.2 Å². The molecule has 1 atom stereocenters. The largest absolute Gasteiger partial charge is 0.480 e. The number of aromatic nitrogens is 1. The molecule has 0 saturated carbocycles. The van der Waals surface area contributed by atoms with Crippen molar-refractivity contribution < 1.29 is 9.90 Å².